The molecule has 1 heterocycles. The Labute approximate surface area is 131 Å². The number of hydrogen-bond donors (Lipinski definition) is 2. The molecule has 1 aromatic heterocycles. The van der Waals surface area contributed by atoms with Gasteiger partial charge in [0, 0.05) is 6.92 Å². The van der Waals surface area contributed by atoms with Crippen molar-refractivity contribution in [3.05, 3.63) is 28.9 Å². The first-order chi connectivity index (χ1) is 9.68. The monoisotopic (exact) mass is 345 g/mol. The van der Waals surface area contributed by atoms with Crippen molar-refractivity contribution < 1.29 is 13.2 Å². The third-order valence-electron chi connectivity index (χ3n) is 2.58. The Morgan fingerprint density at radius 2 is 2.10 bits per heavy atom. The summed E-state index contributed by atoms with van der Waals surface area (Å²) in [5, 5.41) is 8.19. The van der Waals surface area contributed by atoms with Crippen molar-refractivity contribution in [3.8, 4) is 10.4 Å². The molecular formula is C12H12ClN3O3S2. The predicted molar refractivity (Wildman–Crippen MR) is 83.0 cm³/mol. The number of sulfonamides is 1. The predicted octanol–water partition coefficient (Wildman–Crippen LogP) is 2.38. The number of nitrogens with zero attached hydrogens (tertiary/aromatic N) is 1. The lowest BCUT2D eigenvalue weighted by Crippen LogP contribution is -2.12. The fourth-order valence-corrected chi connectivity index (χ4v) is 3.84. The van der Waals surface area contributed by atoms with Crippen LogP contribution in [0.3, 0.4) is 0 Å². The molecule has 21 heavy (non-hydrogen) atoms. The Hall–Kier alpha value is -1.48. The molecule has 0 spiro atoms. The van der Waals surface area contributed by atoms with E-state index in [-0.39, 0.29) is 15.8 Å². The standard InChI is InChI=1S/C12H12ClN3O3S2/c1-6-11(20-12(15-6)16-7(2)17)8-3-4-10(9(13)5-8)21(14,18)19/h3-5H,1-2H3,(H2,14,18,19)(H,15,16,17). The number of carbonyl (C=O) groups excluding carboxylic acids is 1. The van der Waals surface area contributed by atoms with Crippen LogP contribution in [0.4, 0.5) is 5.13 Å². The van der Waals surface area contributed by atoms with Crippen molar-refractivity contribution in [1.29, 1.82) is 0 Å². The van der Waals surface area contributed by atoms with E-state index in [4.69, 9.17) is 16.7 Å². The third kappa shape index (κ3) is 3.59. The van der Waals surface area contributed by atoms with Gasteiger partial charge in [0.05, 0.1) is 15.6 Å². The fraction of sp³-hybridized carbons (Fsp3) is 0.167. The Kier molecular flexibility index (Phi) is 4.33. The lowest BCUT2D eigenvalue weighted by molar-refractivity contribution is -0.114. The highest BCUT2D eigenvalue weighted by molar-refractivity contribution is 7.89. The van der Waals surface area contributed by atoms with Crippen LogP contribution in [0.5, 0.6) is 0 Å². The fourth-order valence-electron chi connectivity index (χ4n) is 1.74. The zero-order valence-electron chi connectivity index (χ0n) is 11.2. The van der Waals surface area contributed by atoms with Gasteiger partial charge in [-0.05, 0) is 24.6 Å². The van der Waals surface area contributed by atoms with E-state index in [1.54, 1.807) is 13.0 Å². The Morgan fingerprint density at radius 3 is 2.62 bits per heavy atom. The maximum Gasteiger partial charge on any atom is 0.239 e. The number of carbonyl (C=O) groups is 1. The summed E-state index contributed by atoms with van der Waals surface area (Å²) in [7, 11) is -3.85. The Balaban J connectivity index is 2.46. The molecule has 2 rings (SSSR count). The molecule has 1 amide bonds. The summed E-state index contributed by atoms with van der Waals surface area (Å²) in [6.45, 7) is 3.19. The van der Waals surface area contributed by atoms with Crippen LogP contribution in [0.2, 0.25) is 5.02 Å². The quantitative estimate of drug-likeness (QED) is 0.891. The van der Waals surface area contributed by atoms with Gasteiger partial charge in [-0.25, -0.2) is 18.5 Å². The highest BCUT2D eigenvalue weighted by atomic mass is 35.5. The van der Waals surface area contributed by atoms with Crippen molar-refractivity contribution in [2.45, 2.75) is 18.7 Å². The van der Waals surface area contributed by atoms with E-state index < -0.39 is 10.0 Å². The van der Waals surface area contributed by atoms with Crippen LogP contribution in [-0.2, 0) is 14.8 Å². The number of primary sulfonamides is 1. The van der Waals surface area contributed by atoms with Gasteiger partial charge in [0.15, 0.2) is 5.13 Å². The van der Waals surface area contributed by atoms with Crippen LogP contribution in [0, 0.1) is 6.92 Å². The first-order valence-corrected chi connectivity index (χ1v) is 8.50. The number of rotatable bonds is 3. The molecule has 0 atom stereocenters. The zero-order chi connectivity index (χ0) is 15.8. The highest BCUT2D eigenvalue weighted by Gasteiger charge is 2.16. The largest absolute Gasteiger partial charge is 0.302 e. The number of halogens is 1. The molecule has 0 saturated heterocycles. The summed E-state index contributed by atoms with van der Waals surface area (Å²) in [5.74, 6) is -0.210. The van der Waals surface area contributed by atoms with Gasteiger partial charge in [-0.3, -0.25) is 4.79 Å². The summed E-state index contributed by atoms with van der Waals surface area (Å²) in [4.78, 5) is 15.9. The van der Waals surface area contributed by atoms with Gasteiger partial charge in [0.1, 0.15) is 4.90 Å². The summed E-state index contributed by atoms with van der Waals surface area (Å²) in [6, 6.07) is 4.47. The molecule has 6 nitrogen and oxygen atoms in total. The second-order valence-electron chi connectivity index (χ2n) is 4.30. The van der Waals surface area contributed by atoms with Gasteiger partial charge in [0.2, 0.25) is 15.9 Å². The number of thiazole rings is 1. The molecule has 0 fully saturated rings. The van der Waals surface area contributed by atoms with Crippen LogP contribution in [-0.4, -0.2) is 19.3 Å². The van der Waals surface area contributed by atoms with Crippen LogP contribution < -0.4 is 10.5 Å². The van der Waals surface area contributed by atoms with Crippen LogP contribution in [0.1, 0.15) is 12.6 Å². The number of nitrogens with one attached hydrogen (secondary N) is 1. The average Bonchev–Trinajstić information content (AvgIpc) is 2.67. The minimum Gasteiger partial charge on any atom is -0.302 e. The normalized spacial score (nSPS) is 11.4. The molecule has 0 aliphatic carbocycles. The number of aryl methyl sites for hydroxylation is 1. The first-order valence-electron chi connectivity index (χ1n) is 5.76. The summed E-state index contributed by atoms with van der Waals surface area (Å²) < 4.78 is 22.7. The molecule has 0 aliphatic rings. The molecule has 112 valence electrons. The van der Waals surface area contributed by atoms with Gasteiger partial charge < -0.3 is 5.32 Å². The number of anilines is 1. The number of hydrogen-bond acceptors (Lipinski definition) is 5. The van der Waals surface area contributed by atoms with Gasteiger partial charge in [0.25, 0.3) is 0 Å². The first kappa shape index (κ1) is 15.9. The third-order valence-corrected chi connectivity index (χ3v) is 5.10. The molecular weight excluding hydrogens is 334 g/mol. The second kappa shape index (κ2) is 5.72. The van der Waals surface area contributed by atoms with Crippen LogP contribution in [0.15, 0.2) is 23.1 Å². The lowest BCUT2D eigenvalue weighted by atomic mass is 10.2. The molecule has 0 aliphatic heterocycles. The van der Waals surface area contributed by atoms with E-state index in [0.717, 1.165) is 4.88 Å². The van der Waals surface area contributed by atoms with Gasteiger partial charge in [-0.15, -0.1) is 0 Å². The number of amides is 1. The van der Waals surface area contributed by atoms with E-state index >= 15 is 0 Å². The molecule has 0 bridgehead atoms. The molecule has 0 saturated carbocycles. The van der Waals surface area contributed by atoms with Crippen molar-refractivity contribution >= 4 is 44.0 Å². The number of benzene rings is 1. The minimum absolute atomic E-state index is 0.0453. The van der Waals surface area contributed by atoms with Gasteiger partial charge in [-0.1, -0.05) is 29.0 Å². The Bertz CT molecular complexity index is 815. The van der Waals surface area contributed by atoms with Gasteiger partial charge in [-0.2, -0.15) is 0 Å². The summed E-state index contributed by atoms with van der Waals surface area (Å²) in [6.07, 6.45) is 0. The molecule has 2 aromatic rings. The second-order valence-corrected chi connectivity index (χ2v) is 7.24. The molecule has 9 heteroatoms. The Morgan fingerprint density at radius 1 is 1.43 bits per heavy atom. The smallest absolute Gasteiger partial charge is 0.239 e. The summed E-state index contributed by atoms with van der Waals surface area (Å²) >= 11 is 7.24. The highest BCUT2D eigenvalue weighted by Crippen LogP contribution is 2.35. The zero-order valence-corrected chi connectivity index (χ0v) is 13.6. The van der Waals surface area contributed by atoms with Crippen LogP contribution in [0.25, 0.3) is 10.4 Å². The SMILES string of the molecule is CC(=O)Nc1nc(C)c(-c2ccc(S(N)(=O)=O)c(Cl)c2)s1. The van der Waals surface area contributed by atoms with Crippen molar-refractivity contribution in [3.63, 3.8) is 0 Å². The molecule has 0 unspecified atom stereocenters. The van der Waals surface area contributed by atoms with E-state index in [9.17, 15) is 13.2 Å². The molecule has 3 N–H and O–H groups in total. The van der Waals surface area contributed by atoms with Crippen molar-refractivity contribution in [2.24, 2.45) is 5.14 Å². The number of nitrogens with two attached hydrogens (primary N) is 1. The molecule has 0 radical (unpaired) electrons. The average molecular weight is 346 g/mol. The molecule has 1 aromatic carbocycles. The van der Waals surface area contributed by atoms with E-state index in [2.05, 4.69) is 10.3 Å². The minimum atomic E-state index is -3.85. The lowest BCUT2D eigenvalue weighted by Gasteiger charge is -2.04. The maximum atomic E-state index is 11.3. The topological polar surface area (TPSA) is 102 Å². The maximum absolute atomic E-state index is 11.3. The van der Waals surface area contributed by atoms with E-state index in [0.29, 0.717) is 16.4 Å². The van der Waals surface area contributed by atoms with E-state index in [1.165, 1.54) is 30.4 Å². The van der Waals surface area contributed by atoms with Gasteiger partial charge >= 0.3 is 0 Å². The van der Waals surface area contributed by atoms with E-state index in [1.807, 2.05) is 0 Å². The van der Waals surface area contributed by atoms with Crippen LogP contribution >= 0.6 is 22.9 Å². The van der Waals surface area contributed by atoms with Crippen molar-refractivity contribution in [1.82, 2.24) is 4.98 Å². The number of aromatic nitrogens is 1. The summed E-state index contributed by atoms with van der Waals surface area (Å²) in [5.41, 5.74) is 1.42. The van der Waals surface area contributed by atoms with Crippen molar-refractivity contribution in [2.75, 3.05) is 5.32 Å².